The molecule has 1 N–H and O–H groups in total. The van der Waals surface area contributed by atoms with Gasteiger partial charge in [-0.25, -0.2) is 4.98 Å². The van der Waals surface area contributed by atoms with Gasteiger partial charge in [-0.05, 0) is 32.4 Å². The van der Waals surface area contributed by atoms with Gasteiger partial charge in [-0.2, -0.15) is 5.10 Å². The third-order valence-electron chi connectivity index (χ3n) is 3.67. The third-order valence-corrected chi connectivity index (χ3v) is 3.67. The SMILES string of the molecule is CCCOc1ccccc1-c1nc2c(C)nn(CC)c2c(=O)[nH]1. The molecule has 2 aromatic heterocycles. The Morgan fingerprint density at radius 3 is 2.78 bits per heavy atom. The van der Waals surface area contributed by atoms with Gasteiger partial charge in [-0.1, -0.05) is 19.1 Å². The number of fused-ring (bicyclic) bond motifs is 1. The fraction of sp³-hybridized carbons (Fsp3) is 0.353. The topological polar surface area (TPSA) is 72.8 Å². The molecule has 0 saturated heterocycles. The van der Waals surface area contributed by atoms with Gasteiger partial charge in [0.2, 0.25) is 0 Å². The molecule has 2 heterocycles. The molecule has 0 spiro atoms. The summed E-state index contributed by atoms with van der Waals surface area (Å²) >= 11 is 0. The van der Waals surface area contributed by atoms with Crippen LogP contribution < -0.4 is 10.3 Å². The van der Waals surface area contributed by atoms with E-state index in [1.54, 1.807) is 4.68 Å². The summed E-state index contributed by atoms with van der Waals surface area (Å²) < 4.78 is 7.45. The lowest BCUT2D eigenvalue weighted by atomic mass is 10.2. The monoisotopic (exact) mass is 312 g/mol. The largest absolute Gasteiger partial charge is 0.493 e. The molecule has 3 rings (SSSR count). The summed E-state index contributed by atoms with van der Waals surface area (Å²) in [5.74, 6) is 1.23. The molecule has 0 unspecified atom stereocenters. The molecular weight excluding hydrogens is 292 g/mol. The molecule has 0 amide bonds. The van der Waals surface area contributed by atoms with Crippen LogP contribution in [-0.2, 0) is 6.54 Å². The van der Waals surface area contributed by atoms with Gasteiger partial charge in [0.1, 0.15) is 17.1 Å². The molecule has 6 nitrogen and oxygen atoms in total. The molecule has 23 heavy (non-hydrogen) atoms. The highest BCUT2D eigenvalue weighted by Gasteiger charge is 2.16. The van der Waals surface area contributed by atoms with Crippen LogP contribution in [0.2, 0.25) is 0 Å². The first-order chi connectivity index (χ1) is 11.2. The maximum atomic E-state index is 12.5. The minimum Gasteiger partial charge on any atom is -0.493 e. The quantitative estimate of drug-likeness (QED) is 0.786. The Morgan fingerprint density at radius 1 is 1.26 bits per heavy atom. The Balaban J connectivity index is 2.19. The number of para-hydroxylation sites is 1. The number of aromatic nitrogens is 4. The number of benzene rings is 1. The minimum absolute atomic E-state index is 0.183. The summed E-state index contributed by atoms with van der Waals surface area (Å²) in [6, 6.07) is 7.60. The predicted octanol–water partition coefficient (Wildman–Crippen LogP) is 2.90. The van der Waals surface area contributed by atoms with Gasteiger partial charge >= 0.3 is 0 Å². The van der Waals surface area contributed by atoms with Crippen LogP contribution in [0, 0.1) is 6.92 Å². The number of rotatable bonds is 5. The number of nitrogens with zero attached hydrogens (tertiary/aromatic N) is 3. The summed E-state index contributed by atoms with van der Waals surface area (Å²) in [6.07, 6.45) is 0.916. The summed E-state index contributed by atoms with van der Waals surface area (Å²) in [5, 5.41) is 4.38. The molecule has 6 heteroatoms. The average molecular weight is 312 g/mol. The van der Waals surface area contributed by atoms with Crippen molar-refractivity contribution in [2.75, 3.05) is 6.61 Å². The van der Waals surface area contributed by atoms with E-state index in [4.69, 9.17) is 4.74 Å². The van der Waals surface area contributed by atoms with Crippen molar-refractivity contribution in [1.82, 2.24) is 19.7 Å². The molecule has 0 bridgehead atoms. The number of aromatic amines is 1. The fourth-order valence-corrected chi connectivity index (χ4v) is 2.59. The van der Waals surface area contributed by atoms with Crippen LogP contribution in [-0.4, -0.2) is 26.4 Å². The van der Waals surface area contributed by atoms with E-state index in [0.29, 0.717) is 30.0 Å². The van der Waals surface area contributed by atoms with Crippen LogP contribution in [0.25, 0.3) is 22.4 Å². The molecule has 120 valence electrons. The molecule has 3 aromatic rings. The van der Waals surface area contributed by atoms with Crippen molar-refractivity contribution in [2.24, 2.45) is 0 Å². The van der Waals surface area contributed by atoms with Crippen LogP contribution in [0.4, 0.5) is 0 Å². The van der Waals surface area contributed by atoms with Gasteiger partial charge in [0.15, 0.2) is 5.52 Å². The van der Waals surface area contributed by atoms with Gasteiger partial charge in [-0.15, -0.1) is 0 Å². The first kappa shape index (κ1) is 15.3. The maximum absolute atomic E-state index is 12.5. The highest BCUT2D eigenvalue weighted by Crippen LogP contribution is 2.27. The van der Waals surface area contributed by atoms with Crippen LogP contribution in [0.3, 0.4) is 0 Å². The van der Waals surface area contributed by atoms with E-state index in [0.717, 1.165) is 23.4 Å². The molecule has 0 aliphatic rings. The number of H-pyrrole nitrogens is 1. The number of aryl methyl sites for hydroxylation is 2. The first-order valence-electron chi connectivity index (χ1n) is 7.85. The molecule has 0 saturated carbocycles. The Hall–Kier alpha value is -2.63. The lowest BCUT2D eigenvalue weighted by molar-refractivity contribution is 0.318. The van der Waals surface area contributed by atoms with E-state index in [1.165, 1.54) is 0 Å². The molecular formula is C17H20N4O2. The van der Waals surface area contributed by atoms with Crippen molar-refractivity contribution in [3.8, 4) is 17.1 Å². The molecule has 0 aliphatic carbocycles. The van der Waals surface area contributed by atoms with E-state index < -0.39 is 0 Å². The van der Waals surface area contributed by atoms with Crippen LogP contribution in [0.5, 0.6) is 5.75 Å². The van der Waals surface area contributed by atoms with Crippen molar-refractivity contribution in [3.63, 3.8) is 0 Å². The predicted molar refractivity (Wildman–Crippen MR) is 89.8 cm³/mol. The van der Waals surface area contributed by atoms with Crippen LogP contribution in [0.1, 0.15) is 26.0 Å². The van der Waals surface area contributed by atoms with Crippen molar-refractivity contribution in [3.05, 3.63) is 40.3 Å². The second-order valence-corrected chi connectivity index (χ2v) is 5.36. The van der Waals surface area contributed by atoms with Crippen molar-refractivity contribution < 1.29 is 4.74 Å². The number of nitrogens with one attached hydrogen (secondary N) is 1. The second kappa shape index (κ2) is 6.24. The van der Waals surface area contributed by atoms with Crippen LogP contribution >= 0.6 is 0 Å². The van der Waals surface area contributed by atoms with E-state index in [1.807, 2.05) is 38.1 Å². The fourth-order valence-electron chi connectivity index (χ4n) is 2.59. The zero-order valence-corrected chi connectivity index (χ0v) is 13.6. The molecule has 0 fully saturated rings. The van der Waals surface area contributed by atoms with Crippen LogP contribution in [0.15, 0.2) is 29.1 Å². The normalized spacial score (nSPS) is 11.1. The van der Waals surface area contributed by atoms with E-state index in [9.17, 15) is 4.79 Å². The highest BCUT2D eigenvalue weighted by molar-refractivity contribution is 5.79. The van der Waals surface area contributed by atoms with Gasteiger partial charge in [0, 0.05) is 6.54 Å². The smallest absolute Gasteiger partial charge is 0.277 e. The third kappa shape index (κ3) is 2.72. The van der Waals surface area contributed by atoms with Crippen molar-refractivity contribution in [2.45, 2.75) is 33.7 Å². The standard InChI is InChI=1S/C17H20N4O2/c1-4-10-23-13-9-7-6-8-12(13)16-18-14-11(3)20-21(5-2)15(14)17(22)19-16/h6-9H,4-5,10H2,1-3H3,(H,18,19,22). The number of hydrogen-bond donors (Lipinski definition) is 1. The van der Waals surface area contributed by atoms with Crippen molar-refractivity contribution >= 4 is 11.0 Å². The lowest BCUT2D eigenvalue weighted by Gasteiger charge is -2.10. The zero-order chi connectivity index (χ0) is 16.4. The molecule has 0 aliphatic heterocycles. The minimum atomic E-state index is -0.183. The number of ether oxygens (including phenoxy) is 1. The van der Waals surface area contributed by atoms with E-state index in [2.05, 4.69) is 22.0 Å². The lowest BCUT2D eigenvalue weighted by Crippen LogP contribution is -2.13. The Kier molecular flexibility index (Phi) is 4.14. The summed E-state index contributed by atoms with van der Waals surface area (Å²) in [5.41, 5.74) is 2.50. The van der Waals surface area contributed by atoms with Gasteiger partial charge in [0.25, 0.3) is 5.56 Å². The summed E-state index contributed by atoms with van der Waals surface area (Å²) in [7, 11) is 0. The highest BCUT2D eigenvalue weighted by atomic mass is 16.5. The Bertz CT molecular complexity index is 895. The Morgan fingerprint density at radius 2 is 2.04 bits per heavy atom. The average Bonchev–Trinajstić information content (AvgIpc) is 2.90. The summed E-state index contributed by atoms with van der Waals surface area (Å²) in [6.45, 7) is 7.12. The van der Waals surface area contributed by atoms with Crippen molar-refractivity contribution in [1.29, 1.82) is 0 Å². The Labute approximate surface area is 134 Å². The molecule has 0 radical (unpaired) electrons. The van der Waals surface area contributed by atoms with Gasteiger partial charge < -0.3 is 9.72 Å². The molecule has 0 atom stereocenters. The first-order valence-corrected chi connectivity index (χ1v) is 7.85. The van der Waals surface area contributed by atoms with Gasteiger partial charge in [-0.3, -0.25) is 9.48 Å². The molecule has 1 aromatic carbocycles. The van der Waals surface area contributed by atoms with Gasteiger partial charge in [0.05, 0.1) is 17.9 Å². The zero-order valence-electron chi connectivity index (χ0n) is 13.6. The van der Waals surface area contributed by atoms with E-state index >= 15 is 0 Å². The van der Waals surface area contributed by atoms with E-state index in [-0.39, 0.29) is 5.56 Å². The number of hydrogen-bond acceptors (Lipinski definition) is 4. The summed E-state index contributed by atoms with van der Waals surface area (Å²) in [4.78, 5) is 20.0. The maximum Gasteiger partial charge on any atom is 0.277 e. The second-order valence-electron chi connectivity index (χ2n) is 5.36.